The molecule has 0 fully saturated rings. The molecule has 0 bridgehead atoms. The summed E-state index contributed by atoms with van der Waals surface area (Å²) in [6.07, 6.45) is 3.09. The zero-order chi connectivity index (χ0) is 10.8. The third kappa shape index (κ3) is 2.12. The maximum absolute atomic E-state index is 5.96. The van der Waals surface area contributed by atoms with E-state index in [0.717, 1.165) is 0 Å². The predicted octanol–water partition coefficient (Wildman–Crippen LogP) is 1.89. The second-order valence-corrected chi connectivity index (χ2v) is 3.78. The van der Waals surface area contributed by atoms with Crippen LogP contribution in [0.1, 0.15) is 13.8 Å². The highest BCUT2D eigenvalue weighted by Crippen LogP contribution is 2.20. The van der Waals surface area contributed by atoms with Crippen LogP contribution in [0.5, 0.6) is 0 Å². The highest BCUT2D eigenvalue weighted by Gasteiger charge is 2.07. The highest BCUT2D eigenvalue weighted by molar-refractivity contribution is 6.32. The maximum Gasteiger partial charge on any atom is 0.172 e. The molecule has 0 saturated heterocycles. The minimum Gasteiger partial charge on any atom is -0.365 e. The Bertz CT molecular complexity index is 485. The van der Waals surface area contributed by atoms with Gasteiger partial charge in [-0.1, -0.05) is 11.6 Å². The first-order valence-corrected chi connectivity index (χ1v) is 4.95. The van der Waals surface area contributed by atoms with Crippen molar-refractivity contribution in [1.29, 1.82) is 0 Å². The molecule has 0 atom stereocenters. The molecule has 0 unspecified atom stereocenters. The van der Waals surface area contributed by atoms with E-state index in [0.29, 0.717) is 22.0 Å². The maximum atomic E-state index is 5.96. The van der Waals surface area contributed by atoms with Crippen LogP contribution in [0, 0.1) is 0 Å². The number of aromatic nitrogens is 4. The number of fused-ring (bicyclic) bond motifs is 1. The van der Waals surface area contributed by atoms with Gasteiger partial charge in [-0.15, -0.1) is 0 Å². The van der Waals surface area contributed by atoms with Gasteiger partial charge in [0.1, 0.15) is 11.0 Å². The van der Waals surface area contributed by atoms with Crippen LogP contribution >= 0.6 is 11.6 Å². The molecule has 0 aliphatic carbocycles. The lowest BCUT2D eigenvalue weighted by atomic mass is 10.4. The van der Waals surface area contributed by atoms with Crippen LogP contribution in [0.2, 0.25) is 5.15 Å². The van der Waals surface area contributed by atoms with Crippen molar-refractivity contribution in [3.63, 3.8) is 0 Å². The third-order valence-corrected chi connectivity index (χ3v) is 2.02. The normalized spacial score (nSPS) is 10.9. The Kier molecular flexibility index (Phi) is 2.64. The molecular weight excluding hydrogens is 214 g/mol. The van der Waals surface area contributed by atoms with Gasteiger partial charge in [0, 0.05) is 6.04 Å². The molecule has 0 aromatic carbocycles. The zero-order valence-electron chi connectivity index (χ0n) is 8.40. The standard InChI is InChI=1S/C9H10ClN5/c1-5(2)13-9-8(10)14-6-3-11-12-4-7(6)15-9/h3-5H,1-2H3,(H,13,15). The number of nitrogens with zero attached hydrogens (tertiary/aromatic N) is 4. The van der Waals surface area contributed by atoms with Crippen molar-refractivity contribution in [2.75, 3.05) is 5.32 Å². The molecule has 0 radical (unpaired) electrons. The Morgan fingerprint density at radius 3 is 2.33 bits per heavy atom. The fraction of sp³-hybridized carbons (Fsp3) is 0.333. The van der Waals surface area contributed by atoms with E-state index in [2.05, 4.69) is 25.5 Å². The van der Waals surface area contributed by atoms with Crippen LogP contribution in [0.25, 0.3) is 11.0 Å². The predicted molar refractivity (Wildman–Crippen MR) is 58.9 cm³/mol. The van der Waals surface area contributed by atoms with Gasteiger partial charge in [0.2, 0.25) is 0 Å². The van der Waals surface area contributed by atoms with Crippen molar-refractivity contribution in [3.05, 3.63) is 17.5 Å². The van der Waals surface area contributed by atoms with Crippen molar-refractivity contribution < 1.29 is 0 Å². The fourth-order valence-electron chi connectivity index (χ4n) is 1.17. The van der Waals surface area contributed by atoms with Gasteiger partial charge < -0.3 is 5.32 Å². The summed E-state index contributed by atoms with van der Waals surface area (Å²) in [6, 6.07) is 0.254. The molecule has 0 saturated carbocycles. The number of nitrogens with one attached hydrogen (secondary N) is 1. The molecule has 2 aromatic heterocycles. The average Bonchev–Trinajstić information content (AvgIpc) is 2.18. The summed E-state index contributed by atoms with van der Waals surface area (Å²) in [7, 11) is 0. The second kappa shape index (κ2) is 3.94. The number of hydrogen-bond donors (Lipinski definition) is 1. The Morgan fingerprint density at radius 2 is 1.73 bits per heavy atom. The molecule has 2 aromatic rings. The first kappa shape index (κ1) is 10.0. The number of anilines is 1. The van der Waals surface area contributed by atoms with Gasteiger partial charge in [0.05, 0.1) is 12.4 Å². The van der Waals surface area contributed by atoms with E-state index >= 15 is 0 Å². The first-order chi connectivity index (χ1) is 7.16. The summed E-state index contributed by atoms with van der Waals surface area (Å²) in [5, 5.41) is 10.9. The van der Waals surface area contributed by atoms with E-state index in [1.165, 1.54) is 6.20 Å². The lowest BCUT2D eigenvalue weighted by molar-refractivity contribution is 0.888. The largest absolute Gasteiger partial charge is 0.365 e. The number of hydrogen-bond acceptors (Lipinski definition) is 5. The summed E-state index contributed by atoms with van der Waals surface area (Å²) in [5.74, 6) is 0.576. The van der Waals surface area contributed by atoms with Crippen LogP contribution in [-0.4, -0.2) is 26.2 Å². The Hall–Kier alpha value is -1.49. The van der Waals surface area contributed by atoms with Crippen LogP contribution in [0.3, 0.4) is 0 Å². The fourth-order valence-corrected chi connectivity index (χ4v) is 1.36. The van der Waals surface area contributed by atoms with E-state index < -0.39 is 0 Å². The molecule has 5 nitrogen and oxygen atoms in total. The monoisotopic (exact) mass is 223 g/mol. The summed E-state index contributed by atoms with van der Waals surface area (Å²) in [5.41, 5.74) is 1.32. The van der Waals surface area contributed by atoms with Gasteiger partial charge in [-0.2, -0.15) is 10.2 Å². The molecule has 15 heavy (non-hydrogen) atoms. The van der Waals surface area contributed by atoms with Gasteiger partial charge in [-0.25, -0.2) is 9.97 Å². The SMILES string of the molecule is CC(C)Nc1nc2cnncc2nc1Cl. The Balaban J connectivity index is 2.52. The van der Waals surface area contributed by atoms with Gasteiger partial charge in [-0.05, 0) is 13.8 Å². The molecule has 0 aliphatic rings. The van der Waals surface area contributed by atoms with E-state index in [4.69, 9.17) is 11.6 Å². The summed E-state index contributed by atoms with van der Waals surface area (Å²) < 4.78 is 0. The Labute approximate surface area is 91.9 Å². The van der Waals surface area contributed by atoms with Gasteiger partial charge in [0.15, 0.2) is 11.0 Å². The van der Waals surface area contributed by atoms with Crippen molar-refractivity contribution >= 4 is 28.5 Å². The molecule has 2 heterocycles. The molecule has 0 aliphatic heterocycles. The summed E-state index contributed by atoms with van der Waals surface area (Å²) in [6.45, 7) is 4.01. The average molecular weight is 224 g/mol. The molecule has 78 valence electrons. The van der Waals surface area contributed by atoms with Crippen molar-refractivity contribution in [1.82, 2.24) is 20.2 Å². The second-order valence-electron chi connectivity index (χ2n) is 3.42. The minimum absolute atomic E-state index is 0.254. The lowest BCUT2D eigenvalue weighted by Gasteiger charge is -2.10. The van der Waals surface area contributed by atoms with E-state index in [1.54, 1.807) is 6.20 Å². The van der Waals surface area contributed by atoms with Crippen LogP contribution in [0.15, 0.2) is 12.4 Å². The third-order valence-electron chi connectivity index (χ3n) is 1.76. The molecular formula is C9H10ClN5. The van der Waals surface area contributed by atoms with Crippen LogP contribution < -0.4 is 5.32 Å². The zero-order valence-corrected chi connectivity index (χ0v) is 9.15. The topological polar surface area (TPSA) is 63.6 Å². The highest BCUT2D eigenvalue weighted by atomic mass is 35.5. The smallest absolute Gasteiger partial charge is 0.172 e. The van der Waals surface area contributed by atoms with Gasteiger partial charge in [0.25, 0.3) is 0 Å². The first-order valence-electron chi connectivity index (χ1n) is 4.57. The molecule has 0 spiro atoms. The molecule has 1 N–H and O–H groups in total. The van der Waals surface area contributed by atoms with Gasteiger partial charge >= 0.3 is 0 Å². The summed E-state index contributed by atoms with van der Waals surface area (Å²) >= 11 is 5.96. The molecule has 2 rings (SSSR count). The Morgan fingerprint density at radius 1 is 1.13 bits per heavy atom. The molecule has 6 heteroatoms. The summed E-state index contributed by atoms with van der Waals surface area (Å²) in [4.78, 5) is 8.47. The van der Waals surface area contributed by atoms with Crippen molar-refractivity contribution in [3.8, 4) is 0 Å². The minimum atomic E-state index is 0.254. The van der Waals surface area contributed by atoms with Crippen molar-refractivity contribution in [2.45, 2.75) is 19.9 Å². The quantitative estimate of drug-likeness (QED) is 0.843. The lowest BCUT2D eigenvalue weighted by Crippen LogP contribution is -2.12. The van der Waals surface area contributed by atoms with E-state index in [1.807, 2.05) is 13.8 Å². The van der Waals surface area contributed by atoms with Crippen LogP contribution in [-0.2, 0) is 0 Å². The van der Waals surface area contributed by atoms with Crippen molar-refractivity contribution in [2.24, 2.45) is 0 Å². The van der Waals surface area contributed by atoms with Crippen LogP contribution in [0.4, 0.5) is 5.82 Å². The number of rotatable bonds is 2. The number of halogens is 1. The molecule has 0 amide bonds. The van der Waals surface area contributed by atoms with E-state index in [-0.39, 0.29) is 6.04 Å². The van der Waals surface area contributed by atoms with Gasteiger partial charge in [-0.3, -0.25) is 0 Å². The van der Waals surface area contributed by atoms with E-state index in [9.17, 15) is 0 Å².